The second-order valence-electron chi connectivity index (χ2n) is 6.67. The molecule has 1 aromatic rings. The zero-order valence-corrected chi connectivity index (χ0v) is 14.4. The van der Waals surface area contributed by atoms with Crippen LogP contribution in [0.15, 0.2) is 24.3 Å². The minimum Gasteiger partial charge on any atom is -0.486 e. The number of hydrogen-bond acceptors (Lipinski definition) is 3. The van der Waals surface area contributed by atoms with Crippen molar-refractivity contribution in [3.05, 3.63) is 29.8 Å². The van der Waals surface area contributed by atoms with E-state index in [0.29, 0.717) is 12.5 Å². The van der Waals surface area contributed by atoms with Crippen molar-refractivity contribution < 1.29 is 9.47 Å². The van der Waals surface area contributed by atoms with E-state index in [4.69, 9.17) is 9.47 Å². The third-order valence-corrected chi connectivity index (χ3v) is 3.57. The van der Waals surface area contributed by atoms with E-state index in [0.717, 1.165) is 18.7 Å². The highest BCUT2D eigenvalue weighted by molar-refractivity contribution is 5.36. The first-order valence-electron chi connectivity index (χ1n) is 7.87. The topological polar surface area (TPSA) is 30.5 Å². The van der Waals surface area contributed by atoms with E-state index in [-0.39, 0.29) is 11.6 Å². The molecule has 1 aromatic carbocycles. The fraction of sp³-hybridized carbons (Fsp3) is 0.667. The normalized spacial score (nSPS) is 14.8. The van der Waals surface area contributed by atoms with Crippen LogP contribution in [0.25, 0.3) is 0 Å². The van der Waals surface area contributed by atoms with Crippen LogP contribution in [-0.4, -0.2) is 31.9 Å². The van der Waals surface area contributed by atoms with Crippen molar-refractivity contribution in [1.82, 2.24) is 5.32 Å². The number of hydrogen-bond donors (Lipinski definition) is 1. The number of nitrogens with one attached hydrogen (secondary N) is 1. The molecule has 0 saturated heterocycles. The summed E-state index contributed by atoms with van der Waals surface area (Å²) in [4.78, 5) is 0. The van der Waals surface area contributed by atoms with Crippen molar-refractivity contribution in [3.63, 3.8) is 0 Å². The van der Waals surface area contributed by atoms with Crippen molar-refractivity contribution in [3.8, 4) is 5.75 Å². The van der Waals surface area contributed by atoms with Gasteiger partial charge in [-0.05, 0) is 44.7 Å². The van der Waals surface area contributed by atoms with Gasteiger partial charge in [0.15, 0.2) is 0 Å². The largest absolute Gasteiger partial charge is 0.486 e. The van der Waals surface area contributed by atoms with E-state index < -0.39 is 0 Å². The Labute approximate surface area is 130 Å². The van der Waals surface area contributed by atoms with Crippen LogP contribution in [0.5, 0.6) is 5.75 Å². The van der Waals surface area contributed by atoms with Gasteiger partial charge in [0.25, 0.3) is 0 Å². The number of rotatable bonds is 8. The first-order chi connectivity index (χ1) is 9.87. The van der Waals surface area contributed by atoms with Crippen LogP contribution in [0.4, 0.5) is 0 Å². The third-order valence-electron chi connectivity index (χ3n) is 3.57. The van der Waals surface area contributed by atoms with Crippen molar-refractivity contribution in [2.24, 2.45) is 0 Å². The van der Waals surface area contributed by atoms with Crippen LogP contribution < -0.4 is 10.1 Å². The molecule has 0 amide bonds. The van der Waals surface area contributed by atoms with Crippen LogP contribution in [-0.2, 0) is 4.74 Å². The average Bonchev–Trinajstić information content (AvgIpc) is 2.44. The molecule has 120 valence electrons. The second kappa shape index (κ2) is 8.40. The predicted octanol–water partition coefficient (Wildman–Crippen LogP) is 3.98. The van der Waals surface area contributed by atoms with Crippen molar-refractivity contribution >= 4 is 0 Å². The molecule has 3 heteroatoms. The lowest BCUT2D eigenvalue weighted by atomic mass is 9.98. The Morgan fingerprint density at radius 3 is 2.43 bits per heavy atom. The van der Waals surface area contributed by atoms with Gasteiger partial charge < -0.3 is 14.8 Å². The molecule has 0 heterocycles. The quantitative estimate of drug-likeness (QED) is 0.786. The number of para-hydroxylation sites is 1. The average molecular weight is 293 g/mol. The van der Waals surface area contributed by atoms with Gasteiger partial charge in [-0.1, -0.05) is 32.0 Å². The van der Waals surface area contributed by atoms with Crippen LogP contribution in [0.1, 0.15) is 52.5 Å². The number of methoxy groups -OCH3 is 1. The standard InChI is InChI=1S/C18H31NO2/c1-7-14(2)16-10-8-9-11-17(16)21-15(13-20-6)12-19-18(3,4)5/h8-11,14-15,19H,7,12-13H2,1-6H3. The van der Waals surface area contributed by atoms with Gasteiger partial charge in [0, 0.05) is 19.2 Å². The van der Waals surface area contributed by atoms with E-state index >= 15 is 0 Å². The highest BCUT2D eigenvalue weighted by Gasteiger charge is 2.18. The molecular weight excluding hydrogens is 262 g/mol. The molecule has 0 bridgehead atoms. The maximum Gasteiger partial charge on any atom is 0.134 e. The SMILES string of the molecule is CCC(C)c1ccccc1OC(CNC(C)(C)C)COC. The van der Waals surface area contributed by atoms with Gasteiger partial charge in [-0.2, -0.15) is 0 Å². The van der Waals surface area contributed by atoms with Crippen LogP contribution in [0, 0.1) is 0 Å². The zero-order valence-electron chi connectivity index (χ0n) is 14.4. The Kier molecular flexibility index (Phi) is 7.20. The Bertz CT molecular complexity index is 412. The minimum absolute atomic E-state index is 0.0134. The van der Waals surface area contributed by atoms with E-state index in [2.05, 4.69) is 58.1 Å². The summed E-state index contributed by atoms with van der Waals surface area (Å²) in [5.74, 6) is 1.48. The van der Waals surface area contributed by atoms with Gasteiger partial charge in [0.1, 0.15) is 11.9 Å². The smallest absolute Gasteiger partial charge is 0.134 e. The van der Waals surface area contributed by atoms with E-state index in [1.807, 2.05) is 6.07 Å². The fourth-order valence-electron chi connectivity index (χ4n) is 2.13. The Morgan fingerprint density at radius 1 is 1.19 bits per heavy atom. The lowest BCUT2D eigenvalue weighted by Crippen LogP contribution is -2.44. The predicted molar refractivity (Wildman–Crippen MR) is 89.2 cm³/mol. The van der Waals surface area contributed by atoms with Crippen molar-refractivity contribution in [1.29, 1.82) is 0 Å². The van der Waals surface area contributed by atoms with Crippen LogP contribution in [0.2, 0.25) is 0 Å². The van der Waals surface area contributed by atoms with E-state index in [1.165, 1.54) is 5.56 Å². The lowest BCUT2D eigenvalue weighted by molar-refractivity contribution is 0.0756. The molecule has 0 aliphatic rings. The number of ether oxygens (including phenoxy) is 2. The molecule has 0 fully saturated rings. The minimum atomic E-state index is 0.0134. The summed E-state index contributed by atoms with van der Waals surface area (Å²) < 4.78 is 11.5. The van der Waals surface area contributed by atoms with Gasteiger partial charge in [0.05, 0.1) is 6.61 Å². The highest BCUT2D eigenvalue weighted by Crippen LogP contribution is 2.29. The Hall–Kier alpha value is -1.06. The summed E-state index contributed by atoms with van der Waals surface area (Å²) >= 11 is 0. The summed E-state index contributed by atoms with van der Waals surface area (Å²) in [6, 6.07) is 8.32. The molecule has 3 nitrogen and oxygen atoms in total. The van der Waals surface area contributed by atoms with Gasteiger partial charge in [0.2, 0.25) is 0 Å². The van der Waals surface area contributed by atoms with Gasteiger partial charge in [-0.3, -0.25) is 0 Å². The molecule has 1 rings (SSSR count). The molecule has 2 unspecified atom stereocenters. The molecule has 2 atom stereocenters. The molecule has 0 radical (unpaired) electrons. The highest BCUT2D eigenvalue weighted by atomic mass is 16.5. The lowest BCUT2D eigenvalue weighted by Gasteiger charge is -2.27. The third kappa shape index (κ3) is 6.49. The van der Waals surface area contributed by atoms with E-state index in [9.17, 15) is 0 Å². The maximum atomic E-state index is 6.22. The van der Waals surface area contributed by atoms with Gasteiger partial charge >= 0.3 is 0 Å². The first-order valence-corrected chi connectivity index (χ1v) is 7.87. The van der Waals surface area contributed by atoms with Crippen LogP contribution >= 0.6 is 0 Å². The molecule has 21 heavy (non-hydrogen) atoms. The zero-order chi connectivity index (χ0) is 15.9. The fourth-order valence-corrected chi connectivity index (χ4v) is 2.13. The number of benzene rings is 1. The molecular formula is C18H31NO2. The molecule has 0 aromatic heterocycles. The summed E-state index contributed by atoms with van der Waals surface area (Å²) in [6.07, 6.45) is 1.12. The second-order valence-corrected chi connectivity index (χ2v) is 6.67. The molecule has 0 aliphatic heterocycles. The molecule has 0 spiro atoms. The van der Waals surface area contributed by atoms with Crippen molar-refractivity contribution in [2.45, 2.75) is 58.6 Å². The van der Waals surface area contributed by atoms with E-state index in [1.54, 1.807) is 7.11 Å². The summed E-state index contributed by atoms with van der Waals surface area (Å²) in [5.41, 5.74) is 1.35. The van der Waals surface area contributed by atoms with Gasteiger partial charge in [-0.15, -0.1) is 0 Å². The Balaban J connectivity index is 2.79. The molecule has 1 N–H and O–H groups in total. The Morgan fingerprint density at radius 2 is 1.86 bits per heavy atom. The summed E-state index contributed by atoms with van der Waals surface area (Å²) in [6.45, 7) is 12.3. The molecule has 0 saturated carbocycles. The molecule has 0 aliphatic carbocycles. The monoisotopic (exact) mass is 293 g/mol. The van der Waals surface area contributed by atoms with Crippen molar-refractivity contribution in [2.75, 3.05) is 20.3 Å². The first kappa shape index (κ1) is 18.0. The summed E-state index contributed by atoms with van der Waals surface area (Å²) in [7, 11) is 1.72. The maximum absolute atomic E-state index is 6.22. The van der Waals surface area contributed by atoms with Gasteiger partial charge in [-0.25, -0.2) is 0 Å². The summed E-state index contributed by atoms with van der Waals surface area (Å²) in [5, 5.41) is 3.48. The van der Waals surface area contributed by atoms with Crippen LogP contribution in [0.3, 0.4) is 0 Å².